The maximum atomic E-state index is 12.2. The molecule has 0 fully saturated rings. The van der Waals surface area contributed by atoms with Crippen LogP contribution < -0.4 is 4.90 Å². The van der Waals surface area contributed by atoms with Gasteiger partial charge in [0.2, 0.25) is 0 Å². The number of carbonyl (C=O) groups is 2. The lowest BCUT2D eigenvalue weighted by atomic mass is 10.1. The number of halogens is 2. The van der Waals surface area contributed by atoms with Crippen LogP contribution >= 0.6 is 23.2 Å². The molecule has 2 heterocycles. The second kappa shape index (κ2) is 4.33. The number of nitrogens with zero attached hydrogens (tertiary/aromatic N) is 2. The fourth-order valence-corrected chi connectivity index (χ4v) is 2.95. The fraction of sp³-hybridized carbons (Fsp3) is 0.154. The number of carbonyl (C=O) groups excluding carboxylic acids is 2. The first-order valence-corrected chi connectivity index (χ1v) is 6.40. The lowest BCUT2D eigenvalue weighted by Crippen LogP contribution is -2.21. The monoisotopic (exact) mass is 310 g/mol. The second-order valence-electron chi connectivity index (χ2n) is 4.32. The van der Waals surface area contributed by atoms with Crippen molar-refractivity contribution in [3.8, 4) is 0 Å². The van der Waals surface area contributed by atoms with Crippen molar-refractivity contribution in [1.82, 2.24) is 4.98 Å². The van der Waals surface area contributed by atoms with Crippen LogP contribution in [0.15, 0.2) is 12.1 Å². The van der Waals surface area contributed by atoms with Crippen LogP contribution in [0.1, 0.15) is 20.8 Å². The minimum atomic E-state index is -0.627. The predicted molar refractivity (Wildman–Crippen MR) is 75.8 cm³/mol. The summed E-state index contributed by atoms with van der Waals surface area (Å²) in [5.41, 5.74) is 1.29. The van der Waals surface area contributed by atoms with E-state index in [1.54, 1.807) is 7.05 Å². The van der Waals surface area contributed by atoms with E-state index < -0.39 is 5.97 Å². The van der Waals surface area contributed by atoms with Crippen molar-refractivity contribution < 1.29 is 14.3 Å². The summed E-state index contributed by atoms with van der Waals surface area (Å²) in [4.78, 5) is 29.5. The van der Waals surface area contributed by atoms with Crippen molar-refractivity contribution in [2.75, 3.05) is 19.1 Å². The normalized spacial score (nSPS) is 13.2. The summed E-state index contributed by atoms with van der Waals surface area (Å²) in [6.45, 7) is 0. The number of hydrogen-bond donors (Lipinski definition) is 0. The van der Waals surface area contributed by atoms with Gasteiger partial charge in [-0.15, -0.1) is 0 Å². The molecule has 1 aliphatic rings. The SMILES string of the molecule is COC(=O)c1cc2c3c(c(Cl)cc(Cl)c3n1)N(C)C2=O. The highest BCUT2D eigenvalue weighted by Gasteiger charge is 2.32. The van der Waals surface area contributed by atoms with E-state index in [2.05, 4.69) is 9.72 Å². The van der Waals surface area contributed by atoms with Gasteiger partial charge in [0.25, 0.3) is 5.91 Å². The first-order valence-electron chi connectivity index (χ1n) is 5.64. The third-order valence-corrected chi connectivity index (χ3v) is 3.80. The molecule has 0 atom stereocenters. The molecule has 1 aromatic carbocycles. The third kappa shape index (κ3) is 1.60. The number of pyridine rings is 1. The highest BCUT2D eigenvalue weighted by atomic mass is 35.5. The van der Waals surface area contributed by atoms with Gasteiger partial charge in [0, 0.05) is 12.4 Å². The van der Waals surface area contributed by atoms with Gasteiger partial charge in [0.1, 0.15) is 5.69 Å². The smallest absolute Gasteiger partial charge is 0.356 e. The van der Waals surface area contributed by atoms with Gasteiger partial charge in [-0.05, 0) is 12.1 Å². The molecule has 0 unspecified atom stereocenters. The molecule has 2 aromatic rings. The van der Waals surface area contributed by atoms with Gasteiger partial charge >= 0.3 is 5.97 Å². The van der Waals surface area contributed by atoms with Crippen LogP contribution in [0.5, 0.6) is 0 Å². The molecule has 0 N–H and O–H groups in total. The van der Waals surface area contributed by atoms with E-state index in [9.17, 15) is 9.59 Å². The van der Waals surface area contributed by atoms with Gasteiger partial charge < -0.3 is 9.64 Å². The first-order chi connectivity index (χ1) is 9.45. The summed E-state index contributed by atoms with van der Waals surface area (Å²) in [5.74, 6) is -0.889. The molecule has 0 aliphatic carbocycles. The van der Waals surface area contributed by atoms with Crippen molar-refractivity contribution in [2.24, 2.45) is 0 Å². The molecule has 0 saturated heterocycles. The van der Waals surface area contributed by atoms with Crippen LogP contribution in [-0.2, 0) is 4.74 Å². The van der Waals surface area contributed by atoms with E-state index in [4.69, 9.17) is 23.2 Å². The van der Waals surface area contributed by atoms with Crippen LogP contribution in [0, 0.1) is 0 Å². The van der Waals surface area contributed by atoms with Gasteiger partial charge in [0.05, 0.1) is 33.9 Å². The molecule has 5 nitrogen and oxygen atoms in total. The van der Waals surface area contributed by atoms with Crippen molar-refractivity contribution in [3.63, 3.8) is 0 Å². The number of methoxy groups -OCH3 is 1. The number of rotatable bonds is 1. The summed E-state index contributed by atoms with van der Waals surface area (Å²) in [7, 11) is 2.85. The summed E-state index contributed by atoms with van der Waals surface area (Å²) >= 11 is 12.3. The van der Waals surface area contributed by atoms with Crippen LogP contribution in [-0.4, -0.2) is 31.0 Å². The van der Waals surface area contributed by atoms with Crippen molar-refractivity contribution >= 4 is 51.7 Å². The van der Waals surface area contributed by atoms with Crippen LogP contribution in [0.25, 0.3) is 10.9 Å². The average Bonchev–Trinajstić information content (AvgIpc) is 2.68. The average molecular weight is 311 g/mol. The highest BCUT2D eigenvalue weighted by molar-refractivity contribution is 6.43. The predicted octanol–water partition coefficient (Wildman–Crippen LogP) is 2.92. The summed E-state index contributed by atoms with van der Waals surface area (Å²) in [5, 5.41) is 1.20. The number of hydrogen-bond acceptors (Lipinski definition) is 4. The molecule has 0 spiro atoms. The Bertz CT molecular complexity index is 789. The molecule has 102 valence electrons. The Labute approximate surface area is 124 Å². The molecule has 1 aromatic heterocycles. The molecule has 0 saturated carbocycles. The van der Waals surface area contributed by atoms with Gasteiger partial charge in [-0.1, -0.05) is 23.2 Å². The molecule has 1 aliphatic heterocycles. The first kappa shape index (κ1) is 13.1. The largest absolute Gasteiger partial charge is 0.464 e. The van der Waals surface area contributed by atoms with Crippen LogP contribution in [0.4, 0.5) is 5.69 Å². The summed E-state index contributed by atoms with van der Waals surface area (Å²) in [6.07, 6.45) is 0. The molecular weight excluding hydrogens is 303 g/mol. The Morgan fingerprint density at radius 2 is 2.00 bits per heavy atom. The zero-order chi connectivity index (χ0) is 14.6. The van der Waals surface area contributed by atoms with Crippen molar-refractivity contribution in [3.05, 3.63) is 33.4 Å². The molecule has 3 rings (SSSR count). The maximum Gasteiger partial charge on any atom is 0.356 e. The van der Waals surface area contributed by atoms with E-state index in [-0.39, 0.29) is 16.6 Å². The molecule has 20 heavy (non-hydrogen) atoms. The zero-order valence-electron chi connectivity index (χ0n) is 10.5. The Balaban J connectivity index is 2.46. The Morgan fingerprint density at radius 1 is 1.30 bits per heavy atom. The maximum absolute atomic E-state index is 12.2. The molecule has 0 radical (unpaired) electrons. The standard InChI is InChI=1S/C13H8Cl2N2O3/c1-17-11-7(15)4-6(14)10-9(11)5(12(17)18)3-8(16-10)13(19)20-2/h3-4H,1-2H3. The summed E-state index contributed by atoms with van der Waals surface area (Å²) in [6, 6.07) is 2.91. The van der Waals surface area contributed by atoms with Crippen LogP contribution in [0.3, 0.4) is 0 Å². The van der Waals surface area contributed by atoms with E-state index >= 15 is 0 Å². The number of esters is 1. The summed E-state index contributed by atoms with van der Waals surface area (Å²) < 4.78 is 4.63. The Kier molecular flexibility index (Phi) is 2.84. The Morgan fingerprint density at radius 3 is 2.65 bits per heavy atom. The van der Waals surface area contributed by atoms with Crippen molar-refractivity contribution in [2.45, 2.75) is 0 Å². The molecule has 1 amide bonds. The van der Waals surface area contributed by atoms with E-state index in [0.29, 0.717) is 27.2 Å². The number of ether oxygens (including phenoxy) is 1. The van der Waals surface area contributed by atoms with Crippen LogP contribution in [0.2, 0.25) is 10.0 Å². The minimum absolute atomic E-state index is 0.0359. The highest BCUT2D eigenvalue weighted by Crippen LogP contribution is 2.44. The third-order valence-electron chi connectivity index (χ3n) is 3.23. The fourth-order valence-electron chi connectivity index (χ4n) is 2.31. The lowest BCUT2D eigenvalue weighted by Gasteiger charge is -2.12. The topological polar surface area (TPSA) is 59.5 Å². The van der Waals surface area contributed by atoms with Gasteiger partial charge in [-0.3, -0.25) is 4.79 Å². The molecular formula is C13H8Cl2N2O3. The zero-order valence-corrected chi connectivity index (χ0v) is 12.0. The number of benzene rings is 1. The number of aromatic nitrogens is 1. The van der Waals surface area contributed by atoms with Gasteiger partial charge in [-0.2, -0.15) is 0 Å². The van der Waals surface area contributed by atoms with Crippen molar-refractivity contribution in [1.29, 1.82) is 0 Å². The van der Waals surface area contributed by atoms with E-state index in [1.165, 1.54) is 24.1 Å². The Hall–Kier alpha value is -1.85. The van der Waals surface area contributed by atoms with E-state index in [1.807, 2.05) is 0 Å². The number of anilines is 1. The van der Waals surface area contributed by atoms with E-state index in [0.717, 1.165) is 0 Å². The lowest BCUT2D eigenvalue weighted by molar-refractivity contribution is 0.0594. The number of amides is 1. The van der Waals surface area contributed by atoms with Gasteiger partial charge in [0.15, 0.2) is 0 Å². The quantitative estimate of drug-likeness (QED) is 0.760. The molecule has 7 heteroatoms. The minimum Gasteiger partial charge on any atom is -0.464 e. The van der Waals surface area contributed by atoms with Gasteiger partial charge in [-0.25, -0.2) is 9.78 Å². The second-order valence-corrected chi connectivity index (χ2v) is 5.14. The molecule has 0 bridgehead atoms.